The van der Waals surface area contributed by atoms with Crippen LogP contribution in [0.2, 0.25) is 0 Å². The first-order chi connectivity index (χ1) is 13.0. The van der Waals surface area contributed by atoms with Crippen LogP contribution in [-0.4, -0.2) is 43.2 Å². The highest BCUT2D eigenvalue weighted by Crippen LogP contribution is 2.27. The molecule has 27 heavy (non-hydrogen) atoms. The van der Waals surface area contributed by atoms with Crippen molar-refractivity contribution in [3.63, 3.8) is 0 Å². The Balaban J connectivity index is 0.00000392. The molecule has 0 bridgehead atoms. The zero-order valence-corrected chi connectivity index (χ0v) is 17.5. The normalized spacial score (nSPS) is 28.9. The first-order valence-electron chi connectivity index (χ1n) is 11.1. The smallest absolute Gasteiger partial charge is 0.220 e. The van der Waals surface area contributed by atoms with E-state index in [0.29, 0.717) is 31.0 Å². The second-order valence-electron chi connectivity index (χ2n) is 8.50. The summed E-state index contributed by atoms with van der Waals surface area (Å²) >= 11 is 0. The number of hydrogen-bond donors (Lipinski definition) is 1. The van der Waals surface area contributed by atoms with Gasteiger partial charge >= 0.3 is 0 Å². The summed E-state index contributed by atoms with van der Waals surface area (Å²) in [5, 5.41) is 3.14. The summed E-state index contributed by atoms with van der Waals surface area (Å²) in [5.41, 5.74) is 0. The van der Waals surface area contributed by atoms with Gasteiger partial charge in [0.1, 0.15) is 5.78 Å². The summed E-state index contributed by atoms with van der Waals surface area (Å²) < 4.78 is 11.6. The molecular formula is C22H41NO4. The molecule has 5 nitrogen and oxygen atoms in total. The molecule has 2 saturated carbocycles. The molecule has 0 heterocycles. The van der Waals surface area contributed by atoms with Crippen LogP contribution in [0, 0.1) is 11.8 Å². The van der Waals surface area contributed by atoms with E-state index in [2.05, 4.69) is 5.32 Å². The van der Waals surface area contributed by atoms with Crippen LogP contribution in [0.4, 0.5) is 0 Å². The van der Waals surface area contributed by atoms with Gasteiger partial charge in [-0.3, -0.25) is 9.59 Å². The second kappa shape index (κ2) is 11.8. The molecule has 2 fully saturated rings. The summed E-state index contributed by atoms with van der Waals surface area (Å²) in [7, 11) is 0. The fourth-order valence-corrected chi connectivity index (χ4v) is 4.38. The fraction of sp³-hybridized carbons (Fsp3) is 0.909. The maximum atomic E-state index is 12.2. The van der Waals surface area contributed by atoms with Gasteiger partial charge in [0, 0.05) is 38.9 Å². The Labute approximate surface area is 166 Å². The number of carbonyl (C=O) groups excluding carboxylic acids is 2. The molecule has 0 aromatic heterocycles. The highest BCUT2D eigenvalue weighted by Gasteiger charge is 2.28. The summed E-state index contributed by atoms with van der Waals surface area (Å²) in [6, 6.07) is 0.239. The molecule has 1 amide bonds. The first kappa shape index (κ1) is 22.4. The molecule has 0 atom stereocenters. The lowest BCUT2D eigenvalue weighted by molar-refractivity contribution is -0.127. The number of rotatable bonds is 10. The van der Waals surface area contributed by atoms with Gasteiger partial charge in [0.25, 0.3) is 0 Å². The molecule has 0 spiro atoms. The molecular weight excluding hydrogens is 342 g/mol. The van der Waals surface area contributed by atoms with Gasteiger partial charge < -0.3 is 14.8 Å². The number of nitrogens with one attached hydrogen (secondary N) is 1. The fourth-order valence-electron chi connectivity index (χ4n) is 4.38. The number of carbonyl (C=O) groups is 2. The molecule has 2 aliphatic carbocycles. The Bertz CT molecular complexity index is 455. The van der Waals surface area contributed by atoms with E-state index in [-0.39, 0.29) is 25.2 Å². The van der Waals surface area contributed by atoms with Crippen LogP contribution in [0.1, 0.15) is 86.4 Å². The summed E-state index contributed by atoms with van der Waals surface area (Å²) in [5.74, 6) is 0.823. The molecule has 0 radical (unpaired) electrons. The van der Waals surface area contributed by atoms with E-state index in [0.717, 1.165) is 64.4 Å². The third-order valence-electron chi connectivity index (χ3n) is 5.99. The molecule has 158 valence electrons. The zero-order chi connectivity index (χ0) is 19.6. The van der Waals surface area contributed by atoms with Crippen LogP contribution in [0.25, 0.3) is 0 Å². The average Bonchev–Trinajstić information content (AvgIpc) is 2.66. The van der Waals surface area contributed by atoms with E-state index in [1.165, 1.54) is 0 Å². The quantitative estimate of drug-likeness (QED) is 0.572. The predicted octanol–water partition coefficient (Wildman–Crippen LogP) is 4.28. The Morgan fingerprint density at radius 2 is 1.56 bits per heavy atom. The largest absolute Gasteiger partial charge is 0.379 e. The lowest BCUT2D eigenvalue weighted by atomic mass is 9.80. The maximum Gasteiger partial charge on any atom is 0.220 e. The van der Waals surface area contributed by atoms with Crippen molar-refractivity contribution in [1.82, 2.24) is 5.32 Å². The monoisotopic (exact) mass is 383 g/mol. The Kier molecular flexibility index (Phi) is 9.77. The lowest BCUT2D eigenvalue weighted by Crippen LogP contribution is -2.39. The minimum atomic E-state index is 0. The number of ketones is 1. The number of amides is 1. The Morgan fingerprint density at radius 1 is 0.963 bits per heavy atom. The number of ether oxygens (including phenoxy) is 2. The van der Waals surface area contributed by atoms with E-state index < -0.39 is 0 Å². The van der Waals surface area contributed by atoms with E-state index in [9.17, 15) is 9.59 Å². The zero-order valence-electron chi connectivity index (χ0n) is 17.5. The standard InChI is InChI=1S/C22H39NO4.H2/c1-4-26-19-11-13-20(14-12-19)27-15-5-6-21(24)23-18-9-7-17(8-10-18)22(25)16(2)3;/h16-20H,4-15H2,1-3H3,(H,23,24);1H. The highest BCUT2D eigenvalue weighted by atomic mass is 16.5. The van der Waals surface area contributed by atoms with Gasteiger partial charge in [-0.05, 0) is 64.7 Å². The van der Waals surface area contributed by atoms with Gasteiger partial charge in [-0.1, -0.05) is 13.8 Å². The van der Waals surface area contributed by atoms with Crippen LogP contribution in [0.3, 0.4) is 0 Å². The summed E-state index contributed by atoms with van der Waals surface area (Å²) in [6.07, 6.45) is 10.0. The molecule has 0 aliphatic heterocycles. The maximum absolute atomic E-state index is 12.2. The van der Waals surface area contributed by atoms with Gasteiger partial charge in [-0.2, -0.15) is 0 Å². The molecule has 5 heteroatoms. The SMILES string of the molecule is CCOC1CCC(OCCCC(=O)NC2CCC(C(=O)C(C)C)CC2)CC1.[HH]. The van der Waals surface area contributed by atoms with Crippen LogP contribution < -0.4 is 5.32 Å². The topological polar surface area (TPSA) is 64.6 Å². The average molecular weight is 384 g/mol. The lowest BCUT2D eigenvalue weighted by Gasteiger charge is -2.29. The van der Waals surface area contributed by atoms with Gasteiger partial charge in [0.15, 0.2) is 0 Å². The molecule has 0 aromatic carbocycles. The van der Waals surface area contributed by atoms with Gasteiger partial charge in [0.05, 0.1) is 12.2 Å². The van der Waals surface area contributed by atoms with Crippen molar-refractivity contribution in [3.05, 3.63) is 0 Å². The van der Waals surface area contributed by atoms with Crippen molar-refractivity contribution >= 4 is 11.7 Å². The minimum absolute atomic E-state index is 0. The Morgan fingerprint density at radius 3 is 2.11 bits per heavy atom. The molecule has 2 aliphatic rings. The van der Waals surface area contributed by atoms with Crippen LogP contribution in [0.15, 0.2) is 0 Å². The van der Waals surface area contributed by atoms with Crippen LogP contribution >= 0.6 is 0 Å². The van der Waals surface area contributed by atoms with Gasteiger partial charge in [0.2, 0.25) is 5.91 Å². The molecule has 0 aromatic rings. The second-order valence-corrected chi connectivity index (χ2v) is 8.50. The van der Waals surface area contributed by atoms with E-state index in [1.807, 2.05) is 20.8 Å². The van der Waals surface area contributed by atoms with Crippen molar-refractivity contribution < 1.29 is 20.5 Å². The van der Waals surface area contributed by atoms with Crippen molar-refractivity contribution in [2.45, 2.75) is 103 Å². The predicted molar refractivity (Wildman–Crippen MR) is 109 cm³/mol. The highest BCUT2D eigenvalue weighted by molar-refractivity contribution is 5.83. The molecule has 0 unspecified atom stereocenters. The van der Waals surface area contributed by atoms with Crippen molar-refractivity contribution in [2.75, 3.05) is 13.2 Å². The summed E-state index contributed by atoms with van der Waals surface area (Å²) in [6.45, 7) is 7.45. The van der Waals surface area contributed by atoms with Crippen LogP contribution in [-0.2, 0) is 19.1 Å². The minimum Gasteiger partial charge on any atom is -0.379 e. The third-order valence-corrected chi connectivity index (χ3v) is 5.99. The van der Waals surface area contributed by atoms with E-state index in [4.69, 9.17) is 9.47 Å². The summed E-state index contributed by atoms with van der Waals surface area (Å²) in [4.78, 5) is 24.2. The van der Waals surface area contributed by atoms with Gasteiger partial charge in [-0.15, -0.1) is 0 Å². The molecule has 1 N–H and O–H groups in total. The van der Waals surface area contributed by atoms with Crippen molar-refractivity contribution in [1.29, 1.82) is 0 Å². The van der Waals surface area contributed by atoms with E-state index in [1.54, 1.807) is 0 Å². The molecule has 2 rings (SSSR count). The first-order valence-corrected chi connectivity index (χ1v) is 11.1. The number of hydrogen-bond acceptors (Lipinski definition) is 4. The van der Waals surface area contributed by atoms with Crippen molar-refractivity contribution in [3.8, 4) is 0 Å². The molecule has 0 saturated heterocycles. The van der Waals surface area contributed by atoms with Gasteiger partial charge in [-0.25, -0.2) is 0 Å². The Hall–Kier alpha value is -0.940. The van der Waals surface area contributed by atoms with Crippen molar-refractivity contribution in [2.24, 2.45) is 11.8 Å². The third kappa shape index (κ3) is 7.90. The number of Topliss-reactive ketones (excluding diaryl/α,β-unsaturated/α-hetero) is 1. The van der Waals surface area contributed by atoms with Crippen LogP contribution in [0.5, 0.6) is 0 Å². The van der Waals surface area contributed by atoms with E-state index >= 15 is 0 Å².